The number of aliphatic hydroxyl groups excluding tert-OH is 1. The van der Waals surface area contributed by atoms with Crippen LogP contribution in [-0.2, 0) is 0 Å². The van der Waals surface area contributed by atoms with Crippen molar-refractivity contribution in [1.29, 1.82) is 0 Å². The quantitative estimate of drug-likeness (QED) is 0.710. The maximum atomic E-state index is 8.67. The van der Waals surface area contributed by atoms with E-state index >= 15 is 0 Å². The summed E-state index contributed by atoms with van der Waals surface area (Å²) in [5, 5.41) is 8.67. The normalized spacial score (nSPS) is 12.9. The molecule has 1 atom stereocenters. The molecule has 0 aliphatic rings. The van der Waals surface area contributed by atoms with Gasteiger partial charge in [0.05, 0.1) is 0 Å². The molecule has 0 saturated heterocycles. The zero-order chi connectivity index (χ0) is 8.97. The molecule has 1 aromatic rings. The van der Waals surface area contributed by atoms with Gasteiger partial charge in [-0.05, 0) is 18.9 Å². The Balaban J connectivity index is 2.68. The second-order valence-corrected chi connectivity index (χ2v) is 3.03. The molecule has 1 aromatic carbocycles. The van der Waals surface area contributed by atoms with Gasteiger partial charge in [-0.3, -0.25) is 0 Å². The van der Waals surface area contributed by atoms with E-state index in [1.165, 1.54) is 5.56 Å². The minimum Gasteiger partial charge on any atom is -0.396 e. The van der Waals surface area contributed by atoms with E-state index in [1.807, 2.05) is 31.2 Å². The van der Waals surface area contributed by atoms with Crippen LogP contribution in [0.15, 0.2) is 24.3 Å². The molecule has 66 valence electrons. The first-order valence-corrected chi connectivity index (χ1v) is 4.17. The fraction of sp³-hybridized carbons (Fsp3) is 0.400. The lowest BCUT2D eigenvalue weighted by molar-refractivity contribution is 0.276. The van der Waals surface area contributed by atoms with Crippen LogP contribution >= 0.6 is 0 Å². The van der Waals surface area contributed by atoms with Gasteiger partial charge in [-0.1, -0.05) is 29.8 Å². The first-order valence-electron chi connectivity index (χ1n) is 4.17. The van der Waals surface area contributed by atoms with E-state index in [2.05, 4.69) is 0 Å². The summed E-state index contributed by atoms with van der Waals surface area (Å²) in [6.07, 6.45) is 0.628. The Bertz CT molecular complexity index is 230. The number of aryl methyl sites for hydroxylation is 1. The molecule has 0 fully saturated rings. The summed E-state index contributed by atoms with van der Waals surface area (Å²) in [7, 11) is 0. The molecule has 0 aromatic heterocycles. The molecule has 0 radical (unpaired) electrons. The maximum absolute atomic E-state index is 8.67. The summed E-state index contributed by atoms with van der Waals surface area (Å²) in [4.78, 5) is 0. The third-order valence-electron chi connectivity index (χ3n) is 1.95. The van der Waals surface area contributed by atoms with Gasteiger partial charge in [0.25, 0.3) is 0 Å². The summed E-state index contributed by atoms with van der Waals surface area (Å²) >= 11 is 0. The average Bonchev–Trinajstić information content (AvgIpc) is 2.06. The Morgan fingerprint density at radius 3 is 2.42 bits per heavy atom. The molecule has 3 N–H and O–H groups in total. The summed E-state index contributed by atoms with van der Waals surface area (Å²) < 4.78 is 0. The van der Waals surface area contributed by atoms with Crippen molar-refractivity contribution in [3.8, 4) is 0 Å². The molecular weight excluding hydrogens is 150 g/mol. The van der Waals surface area contributed by atoms with Crippen molar-refractivity contribution >= 4 is 0 Å². The molecule has 2 nitrogen and oxygen atoms in total. The van der Waals surface area contributed by atoms with E-state index in [0.29, 0.717) is 6.42 Å². The highest BCUT2D eigenvalue weighted by molar-refractivity contribution is 5.23. The van der Waals surface area contributed by atoms with Crippen LogP contribution in [-0.4, -0.2) is 11.7 Å². The second-order valence-electron chi connectivity index (χ2n) is 3.03. The smallest absolute Gasteiger partial charge is 0.0449 e. The van der Waals surface area contributed by atoms with Gasteiger partial charge in [0, 0.05) is 12.6 Å². The predicted octanol–water partition coefficient (Wildman–Crippen LogP) is 1.38. The highest BCUT2D eigenvalue weighted by Crippen LogP contribution is 2.13. The van der Waals surface area contributed by atoms with Gasteiger partial charge in [0.15, 0.2) is 0 Å². The third-order valence-corrected chi connectivity index (χ3v) is 1.95. The van der Waals surface area contributed by atoms with Crippen molar-refractivity contribution in [2.24, 2.45) is 5.73 Å². The van der Waals surface area contributed by atoms with Crippen molar-refractivity contribution in [2.75, 3.05) is 6.61 Å². The lowest BCUT2D eigenvalue weighted by atomic mass is 10.0. The van der Waals surface area contributed by atoms with Crippen molar-refractivity contribution in [1.82, 2.24) is 0 Å². The van der Waals surface area contributed by atoms with E-state index < -0.39 is 0 Å². The van der Waals surface area contributed by atoms with Gasteiger partial charge in [0.1, 0.15) is 0 Å². The number of benzene rings is 1. The van der Waals surface area contributed by atoms with Gasteiger partial charge < -0.3 is 10.8 Å². The van der Waals surface area contributed by atoms with Crippen LogP contribution in [0, 0.1) is 6.92 Å². The molecule has 0 aliphatic carbocycles. The maximum Gasteiger partial charge on any atom is 0.0449 e. The monoisotopic (exact) mass is 165 g/mol. The molecule has 12 heavy (non-hydrogen) atoms. The van der Waals surface area contributed by atoms with Crippen LogP contribution in [0.5, 0.6) is 0 Å². The van der Waals surface area contributed by atoms with Crippen molar-refractivity contribution < 1.29 is 5.11 Å². The van der Waals surface area contributed by atoms with Gasteiger partial charge in [-0.15, -0.1) is 0 Å². The molecule has 0 spiro atoms. The lowest BCUT2D eigenvalue weighted by Crippen LogP contribution is -2.11. The molecule has 0 unspecified atom stereocenters. The number of aliphatic hydroxyl groups is 1. The van der Waals surface area contributed by atoms with E-state index in [9.17, 15) is 0 Å². The minimum absolute atomic E-state index is 0.0319. The van der Waals surface area contributed by atoms with Crippen LogP contribution in [0.2, 0.25) is 0 Å². The van der Waals surface area contributed by atoms with Crippen LogP contribution in [0.25, 0.3) is 0 Å². The van der Waals surface area contributed by atoms with Crippen LogP contribution in [0.4, 0.5) is 0 Å². The van der Waals surface area contributed by atoms with E-state index in [-0.39, 0.29) is 12.6 Å². The Morgan fingerprint density at radius 1 is 1.33 bits per heavy atom. The predicted molar refractivity (Wildman–Crippen MR) is 49.8 cm³/mol. The zero-order valence-electron chi connectivity index (χ0n) is 7.33. The van der Waals surface area contributed by atoms with E-state index in [4.69, 9.17) is 10.8 Å². The molecule has 0 bridgehead atoms. The Kier molecular flexibility index (Phi) is 3.26. The fourth-order valence-electron chi connectivity index (χ4n) is 1.12. The minimum atomic E-state index is -0.0319. The Morgan fingerprint density at radius 2 is 1.92 bits per heavy atom. The summed E-state index contributed by atoms with van der Waals surface area (Å²) in [6.45, 7) is 2.19. The van der Waals surface area contributed by atoms with Crippen molar-refractivity contribution in [3.05, 3.63) is 35.4 Å². The summed E-state index contributed by atoms with van der Waals surface area (Å²) in [5.74, 6) is 0. The molecular formula is C10H15NO. The lowest BCUT2D eigenvalue weighted by Gasteiger charge is -2.09. The topological polar surface area (TPSA) is 46.2 Å². The Hall–Kier alpha value is -0.860. The zero-order valence-corrected chi connectivity index (χ0v) is 7.33. The van der Waals surface area contributed by atoms with Crippen LogP contribution in [0.3, 0.4) is 0 Å². The molecule has 0 saturated carbocycles. The second kappa shape index (κ2) is 4.24. The number of hydrogen-bond acceptors (Lipinski definition) is 2. The SMILES string of the molecule is Cc1ccc([C@@H](N)CCO)cc1. The molecule has 1 rings (SSSR count). The van der Waals surface area contributed by atoms with Crippen LogP contribution in [0.1, 0.15) is 23.6 Å². The van der Waals surface area contributed by atoms with Gasteiger partial charge >= 0.3 is 0 Å². The van der Waals surface area contributed by atoms with Gasteiger partial charge in [0.2, 0.25) is 0 Å². The van der Waals surface area contributed by atoms with Gasteiger partial charge in [-0.2, -0.15) is 0 Å². The van der Waals surface area contributed by atoms with Crippen molar-refractivity contribution in [3.63, 3.8) is 0 Å². The highest BCUT2D eigenvalue weighted by atomic mass is 16.3. The largest absolute Gasteiger partial charge is 0.396 e. The molecule has 0 aliphatic heterocycles. The molecule has 2 heteroatoms. The first kappa shape index (κ1) is 9.23. The average molecular weight is 165 g/mol. The van der Waals surface area contributed by atoms with Crippen LogP contribution < -0.4 is 5.73 Å². The fourth-order valence-corrected chi connectivity index (χ4v) is 1.12. The van der Waals surface area contributed by atoms with E-state index in [1.54, 1.807) is 0 Å². The standard InChI is InChI=1S/C10H15NO/c1-8-2-4-9(5-3-8)10(11)6-7-12/h2-5,10,12H,6-7,11H2,1H3/t10-/m0/s1. The number of rotatable bonds is 3. The van der Waals surface area contributed by atoms with E-state index in [0.717, 1.165) is 5.56 Å². The molecule has 0 amide bonds. The summed E-state index contributed by atoms with van der Waals surface area (Å²) in [6, 6.07) is 8.06. The number of nitrogens with two attached hydrogens (primary N) is 1. The van der Waals surface area contributed by atoms with Gasteiger partial charge in [-0.25, -0.2) is 0 Å². The number of hydrogen-bond donors (Lipinski definition) is 2. The molecule has 0 heterocycles. The first-order chi connectivity index (χ1) is 5.74. The van der Waals surface area contributed by atoms with Crippen molar-refractivity contribution in [2.45, 2.75) is 19.4 Å². The summed E-state index contributed by atoms with van der Waals surface area (Å²) in [5.41, 5.74) is 8.12. The highest BCUT2D eigenvalue weighted by Gasteiger charge is 2.03. The third kappa shape index (κ3) is 2.32. The Labute approximate surface area is 73.0 Å².